The molecule has 1 unspecified atom stereocenters. The highest BCUT2D eigenvalue weighted by Crippen LogP contribution is 2.29. The van der Waals surface area contributed by atoms with Crippen molar-refractivity contribution in [1.82, 2.24) is 0 Å². The Balaban J connectivity index is 2.10. The maximum Gasteiger partial charge on any atom is 0.0496 e. The average molecular weight is 273 g/mol. The molecule has 19 heavy (non-hydrogen) atoms. The van der Waals surface area contributed by atoms with E-state index in [4.69, 9.17) is 0 Å². The lowest BCUT2D eigenvalue weighted by atomic mass is 10.0. The average Bonchev–Trinajstić information content (AvgIpc) is 2.69. The van der Waals surface area contributed by atoms with Crippen molar-refractivity contribution in [3.8, 4) is 0 Å². The third-order valence-electron chi connectivity index (χ3n) is 3.51. The molecule has 0 aliphatic carbocycles. The first-order valence-electron chi connectivity index (χ1n) is 6.91. The molecule has 1 nitrogen and oxygen atoms in total. The number of anilines is 1. The van der Waals surface area contributed by atoms with E-state index in [1.165, 1.54) is 26.6 Å². The quantitative estimate of drug-likeness (QED) is 0.757. The minimum Gasteiger partial charge on any atom is -0.378 e. The zero-order chi connectivity index (χ0) is 14.0. The zero-order valence-electron chi connectivity index (χ0n) is 12.4. The Morgan fingerprint density at radius 3 is 2.11 bits per heavy atom. The van der Waals surface area contributed by atoms with Crippen molar-refractivity contribution in [3.63, 3.8) is 0 Å². The number of nitrogens with one attached hydrogen (secondary N) is 1. The molecule has 1 aromatic heterocycles. The molecule has 0 spiro atoms. The summed E-state index contributed by atoms with van der Waals surface area (Å²) in [4.78, 5) is 2.80. The molecule has 0 fully saturated rings. The highest BCUT2D eigenvalue weighted by molar-refractivity contribution is 7.12. The predicted octanol–water partition coefficient (Wildman–Crippen LogP) is 5.66. The van der Waals surface area contributed by atoms with Gasteiger partial charge in [-0.2, -0.15) is 0 Å². The summed E-state index contributed by atoms with van der Waals surface area (Å²) in [5, 5.41) is 3.59. The van der Waals surface area contributed by atoms with Crippen LogP contribution in [-0.4, -0.2) is 0 Å². The van der Waals surface area contributed by atoms with Gasteiger partial charge >= 0.3 is 0 Å². The van der Waals surface area contributed by atoms with Gasteiger partial charge in [0.2, 0.25) is 0 Å². The van der Waals surface area contributed by atoms with E-state index in [1.807, 2.05) is 11.3 Å². The summed E-state index contributed by atoms with van der Waals surface area (Å²) < 4.78 is 0. The summed E-state index contributed by atoms with van der Waals surface area (Å²) in [6.07, 6.45) is 0. The fraction of sp³-hybridized carbons (Fsp3) is 0.412. The Morgan fingerprint density at radius 2 is 1.63 bits per heavy atom. The molecule has 2 heteroatoms. The van der Waals surface area contributed by atoms with E-state index in [9.17, 15) is 0 Å². The molecule has 0 amide bonds. The topological polar surface area (TPSA) is 12.0 Å². The van der Waals surface area contributed by atoms with Gasteiger partial charge in [0.15, 0.2) is 0 Å². The smallest absolute Gasteiger partial charge is 0.0496 e. The van der Waals surface area contributed by atoms with Crippen molar-refractivity contribution >= 4 is 17.0 Å². The summed E-state index contributed by atoms with van der Waals surface area (Å²) >= 11 is 1.87. The molecule has 102 valence electrons. The van der Waals surface area contributed by atoms with Crippen molar-refractivity contribution in [1.29, 1.82) is 0 Å². The monoisotopic (exact) mass is 273 g/mol. The fourth-order valence-electron chi connectivity index (χ4n) is 2.37. The van der Waals surface area contributed by atoms with Gasteiger partial charge in [-0.15, -0.1) is 11.3 Å². The SMILES string of the molecule is Cc1cc(C(C)Nc2ccc(C(C)C)cc2)c(C)s1. The van der Waals surface area contributed by atoms with E-state index in [0.29, 0.717) is 12.0 Å². The van der Waals surface area contributed by atoms with Crippen LogP contribution in [0.5, 0.6) is 0 Å². The molecule has 0 saturated carbocycles. The van der Waals surface area contributed by atoms with Crippen molar-refractivity contribution in [2.75, 3.05) is 5.32 Å². The third kappa shape index (κ3) is 3.38. The standard InChI is InChI=1S/C17H23NS/c1-11(2)15-6-8-16(9-7-15)18-13(4)17-10-12(3)19-14(17)5/h6-11,13,18H,1-5H3. The van der Waals surface area contributed by atoms with E-state index in [0.717, 1.165) is 0 Å². The molecule has 1 heterocycles. The lowest BCUT2D eigenvalue weighted by molar-refractivity contribution is 0.862. The van der Waals surface area contributed by atoms with Crippen LogP contribution in [0.25, 0.3) is 0 Å². The Hall–Kier alpha value is -1.28. The van der Waals surface area contributed by atoms with E-state index in [2.05, 4.69) is 70.3 Å². The van der Waals surface area contributed by atoms with Crippen LogP contribution in [0.4, 0.5) is 5.69 Å². The van der Waals surface area contributed by atoms with Gasteiger partial charge in [-0.1, -0.05) is 26.0 Å². The van der Waals surface area contributed by atoms with Gasteiger partial charge in [-0.05, 0) is 56.0 Å². The molecule has 0 radical (unpaired) electrons. The van der Waals surface area contributed by atoms with Gasteiger partial charge in [-0.25, -0.2) is 0 Å². The first-order chi connectivity index (χ1) is 8.97. The van der Waals surface area contributed by atoms with Gasteiger partial charge in [0, 0.05) is 21.5 Å². The Labute approximate surface area is 120 Å². The molecule has 0 aliphatic rings. The second kappa shape index (κ2) is 5.79. The highest BCUT2D eigenvalue weighted by Gasteiger charge is 2.11. The Bertz CT molecular complexity index is 537. The fourth-order valence-corrected chi connectivity index (χ4v) is 3.39. The normalized spacial score (nSPS) is 12.7. The lowest BCUT2D eigenvalue weighted by Crippen LogP contribution is -2.06. The zero-order valence-corrected chi connectivity index (χ0v) is 13.3. The van der Waals surface area contributed by atoms with Crippen LogP contribution in [0.15, 0.2) is 30.3 Å². The summed E-state index contributed by atoms with van der Waals surface area (Å²) in [6, 6.07) is 11.4. The van der Waals surface area contributed by atoms with Crippen molar-refractivity contribution in [3.05, 3.63) is 51.2 Å². The molecule has 0 saturated heterocycles. The van der Waals surface area contributed by atoms with E-state index < -0.39 is 0 Å². The highest BCUT2D eigenvalue weighted by atomic mass is 32.1. The molecule has 2 rings (SSSR count). The maximum absolute atomic E-state index is 3.59. The second-order valence-corrected chi connectivity index (χ2v) is 6.97. The summed E-state index contributed by atoms with van der Waals surface area (Å²) in [7, 11) is 0. The first-order valence-corrected chi connectivity index (χ1v) is 7.72. The van der Waals surface area contributed by atoms with Crippen LogP contribution in [0.3, 0.4) is 0 Å². The van der Waals surface area contributed by atoms with Gasteiger partial charge in [0.25, 0.3) is 0 Å². The van der Waals surface area contributed by atoms with Crippen molar-refractivity contribution in [2.24, 2.45) is 0 Å². The molecule has 0 bridgehead atoms. The molecule has 1 atom stereocenters. The van der Waals surface area contributed by atoms with Gasteiger partial charge in [0.1, 0.15) is 0 Å². The second-order valence-electron chi connectivity index (χ2n) is 5.51. The number of thiophene rings is 1. The molecular weight excluding hydrogens is 250 g/mol. The minimum absolute atomic E-state index is 0.356. The number of rotatable bonds is 4. The van der Waals surface area contributed by atoms with Crippen LogP contribution in [-0.2, 0) is 0 Å². The molecule has 2 aromatic rings. The first kappa shape index (κ1) is 14.1. The van der Waals surface area contributed by atoms with Crippen LogP contribution in [0.2, 0.25) is 0 Å². The van der Waals surface area contributed by atoms with E-state index in [1.54, 1.807) is 0 Å². The summed E-state index contributed by atoms with van der Waals surface area (Å²) in [5.41, 5.74) is 4.00. The van der Waals surface area contributed by atoms with Gasteiger partial charge in [0.05, 0.1) is 0 Å². The minimum atomic E-state index is 0.356. The number of aryl methyl sites for hydroxylation is 2. The Kier molecular flexibility index (Phi) is 4.31. The summed E-state index contributed by atoms with van der Waals surface area (Å²) in [6.45, 7) is 11.0. The van der Waals surface area contributed by atoms with Crippen LogP contribution < -0.4 is 5.32 Å². The Morgan fingerprint density at radius 1 is 1.00 bits per heavy atom. The summed E-state index contributed by atoms with van der Waals surface area (Å²) in [5.74, 6) is 0.591. The maximum atomic E-state index is 3.59. The van der Waals surface area contributed by atoms with Gasteiger partial charge < -0.3 is 5.32 Å². The van der Waals surface area contributed by atoms with E-state index in [-0.39, 0.29) is 0 Å². The molecule has 1 aromatic carbocycles. The van der Waals surface area contributed by atoms with Crippen LogP contribution >= 0.6 is 11.3 Å². The third-order valence-corrected chi connectivity index (χ3v) is 4.49. The van der Waals surface area contributed by atoms with Gasteiger partial charge in [-0.3, -0.25) is 0 Å². The molecular formula is C17H23NS. The predicted molar refractivity (Wildman–Crippen MR) is 86.4 cm³/mol. The number of hydrogen-bond donors (Lipinski definition) is 1. The molecule has 0 aliphatic heterocycles. The molecule has 1 N–H and O–H groups in total. The van der Waals surface area contributed by atoms with E-state index >= 15 is 0 Å². The largest absolute Gasteiger partial charge is 0.378 e. The lowest BCUT2D eigenvalue weighted by Gasteiger charge is -2.16. The number of benzene rings is 1. The van der Waals surface area contributed by atoms with Crippen molar-refractivity contribution in [2.45, 2.75) is 46.6 Å². The van der Waals surface area contributed by atoms with Crippen LogP contribution in [0, 0.1) is 13.8 Å². The van der Waals surface area contributed by atoms with Crippen molar-refractivity contribution < 1.29 is 0 Å². The van der Waals surface area contributed by atoms with Crippen LogP contribution in [0.1, 0.15) is 53.6 Å². The number of hydrogen-bond acceptors (Lipinski definition) is 2.